The quantitative estimate of drug-likeness (QED) is 0.282. The number of carbonyl (C=O) groups excluding carboxylic acids is 2. The lowest BCUT2D eigenvalue weighted by Gasteiger charge is -2.20. The fourth-order valence-electron chi connectivity index (χ4n) is 3.23. The molecule has 2 amide bonds. The summed E-state index contributed by atoms with van der Waals surface area (Å²) in [6.07, 6.45) is 1.51. The number of halogens is 2. The van der Waals surface area contributed by atoms with Crippen molar-refractivity contribution in [3.63, 3.8) is 0 Å². The standard InChI is InChI=1S/C27H27Cl2N3O3/c1-17(2)25(31-26(33)22-13-12-21(28)14-23(22)29)27(34)32-30-15-20-6-4-5-7-24(20)35-16-19-10-8-18(3)9-11-19/h4-15,17,25H,16H2,1-3H3,(H,31,33)(H,32,34)/b30-15+. The van der Waals surface area contributed by atoms with Crippen LogP contribution in [0.3, 0.4) is 0 Å². The molecule has 1 unspecified atom stereocenters. The molecule has 35 heavy (non-hydrogen) atoms. The van der Waals surface area contributed by atoms with Gasteiger partial charge in [-0.1, -0.05) is 79.0 Å². The van der Waals surface area contributed by atoms with Crippen LogP contribution in [0.1, 0.15) is 40.9 Å². The van der Waals surface area contributed by atoms with Gasteiger partial charge in [0.1, 0.15) is 18.4 Å². The van der Waals surface area contributed by atoms with Gasteiger partial charge in [0.15, 0.2) is 0 Å². The van der Waals surface area contributed by atoms with Crippen LogP contribution in [0, 0.1) is 12.8 Å². The molecule has 0 heterocycles. The Hall–Kier alpha value is -3.35. The van der Waals surface area contributed by atoms with Gasteiger partial charge >= 0.3 is 0 Å². The van der Waals surface area contributed by atoms with Crippen molar-refractivity contribution in [2.24, 2.45) is 11.0 Å². The van der Waals surface area contributed by atoms with Crippen LogP contribution in [0.2, 0.25) is 10.0 Å². The highest BCUT2D eigenvalue weighted by Crippen LogP contribution is 2.21. The summed E-state index contributed by atoms with van der Waals surface area (Å²) in [4.78, 5) is 25.4. The zero-order valence-corrected chi connectivity index (χ0v) is 21.2. The lowest BCUT2D eigenvalue weighted by molar-refractivity contribution is -0.123. The van der Waals surface area contributed by atoms with Crippen LogP contribution in [-0.2, 0) is 11.4 Å². The van der Waals surface area contributed by atoms with Crippen molar-refractivity contribution < 1.29 is 14.3 Å². The molecular weight excluding hydrogens is 485 g/mol. The average Bonchev–Trinajstić information content (AvgIpc) is 2.82. The lowest BCUT2D eigenvalue weighted by Crippen LogP contribution is -2.48. The maximum absolute atomic E-state index is 12.8. The lowest BCUT2D eigenvalue weighted by atomic mass is 10.0. The molecule has 0 aliphatic carbocycles. The number of hydrogen-bond acceptors (Lipinski definition) is 4. The van der Waals surface area contributed by atoms with Crippen LogP contribution in [0.15, 0.2) is 71.8 Å². The van der Waals surface area contributed by atoms with Gasteiger partial charge in [-0.25, -0.2) is 5.43 Å². The van der Waals surface area contributed by atoms with Gasteiger partial charge in [-0.15, -0.1) is 0 Å². The van der Waals surface area contributed by atoms with Crippen LogP contribution in [0.4, 0.5) is 0 Å². The summed E-state index contributed by atoms with van der Waals surface area (Å²) in [5, 5.41) is 7.43. The molecule has 0 spiro atoms. The first-order chi connectivity index (χ1) is 16.7. The van der Waals surface area contributed by atoms with Crippen molar-refractivity contribution in [3.8, 4) is 5.75 Å². The van der Waals surface area contributed by atoms with Gasteiger partial charge in [-0.3, -0.25) is 9.59 Å². The highest BCUT2D eigenvalue weighted by atomic mass is 35.5. The number of rotatable bonds is 9. The topological polar surface area (TPSA) is 79.8 Å². The third-order valence-electron chi connectivity index (χ3n) is 5.22. The molecule has 0 saturated carbocycles. The first-order valence-electron chi connectivity index (χ1n) is 11.1. The molecule has 0 aromatic heterocycles. The molecule has 2 N–H and O–H groups in total. The van der Waals surface area contributed by atoms with Crippen LogP contribution < -0.4 is 15.5 Å². The number of carbonyl (C=O) groups is 2. The third-order valence-corrected chi connectivity index (χ3v) is 5.77. The molecule has 0 saturated heterocycles. The predicted molar refractivity (Wildman–Crippen MR) is 140 cm³/mol. The summed E-state index contributed by atoms with van der Waals surface area (Å²) in [5.74, 6) is -0.477. The number of nitrogens with one attached hydrogen (secondary N) is 2. The Morgan fingerprint density at radius 2 is 1.74 bits per heavy atom. The molecule has 1 atom stereocenters. The molecule has 0 bridgehead atoms. The molecule has 0 radical (unpaired) electrons. The van der Waals surface area contributed by atoms with E-state index in [-0.39, 0.29) is 16.5 Å². The maximum Gasteiger partial charge on any atom is 0.262 e. The number of benzene rings is 3. The number of amides is 2. The van der Waals surface area contributed by atoms with Crippen LogP contribution >= 0.6 is 23.2 Å². The van der Waals surface area contributed by atoms with E-state index in [1.807, 2.05) is 69.3 Å². The zero-order valence-electron chi connectivity index (χ0n) is 19.7. The fourth-order valence-corrected chi connectivity index (χ4v) is 3.72. The van der Waals surface area contributed by atoms with Gasteiger partial charge in [0, 0.05) is 10.6 Å². The molecule has 8 heteroatoms. The van der Waals surface area contributed by atoms with Crippen molar-refractivity contribution in [2.75, 3.05) is 0 Å². The molecule has 3 aromatic rings. The summed E-state index contributed by atoms with van der Waals surface area (Å²) in [6.45, 7) is 6.09. The molecular formula is C27H27Cl2N3O3. The van der Waals surface area contributed by atoms with Crippen LogP contribution in [0.5, 0.6) is 5.75 Å². The minimum atomic E-state index is -0.820. The minimum Gasteiger partial charge on any atom is -0.488 e. The Labute approximate surface area is 215 Å². The first-order valence-corrected chi connectivity index (χ1v) is 11.9. The highest BCUT2D eigenvalue weighted by Gasteiger charge is 2.25. The Bertz CT molecular complexity index is 1210. The molecule has 3 aromatic carbocycles. The molecule has 3 rings (SSSR count). The Morgan fingerprint density at radius 3 is 2.43 bits per heavy atom. The molecule has 0 fully saturated rings. The number of para-hydroxylation sites is 1. The monoisotopic (exact) mass is 511 g/mol. The maximum atomic E-state index is 12.8. The van der Waals surface area contributed by atoms with E-state index in [9.17, 15) is 9.59 Å². The molecule has 0 aliphatic heterocycles. The van der Waals surface area contributed by atoms with E-state index < -0.39 is 17.9 Å². The van der Waals surface area contributed by atoms with Gasteiger partial charge in [0.05, 0.1) is 16.8 Å². The normalized spacial score (nSPS) is 11.9. The van der Waals surface area contributed by atoms with E-state index in [4.69, 9.17) is 27.9 Å². The summed E-state index contributed by atoms with van der Waals surface area (Å²) in [5.41, 5.74) is 5.68. The zero-order chi connectivity index (χ0) is 25.4. The molecule has 182 valence electrons. The van der Waals surface area contributed by atoms with Crippen molar-refractivity contribution >= 4 is 41.2 Å². The second kappa shape index (κ2) is 12.4. The highest BCUT2D eigenvalue weighted by molar-refractivity contribution is 6.36. The van der Waals surface area contributed by atoms with Gasteiger partial charge in [0.25, 0.3) is 11.8 Å². The second-order valence-electron chi connectivity index (χ2n) is 8.37. The van der Waals surface area contributed by atoms with Crippen molar-refractivity contribution in [1.82, 2.24) is 10.7 Å². The minimum absolute atomic E-state index is 0.189. The van der Waals surface area contributed by atoms with Gasteiger partial charge in [-0.05, 0) is 48.7 Å². The number of aryl methyl sites for hydroxylation is 1. The molecule has 6 nitrogen and oxygen atoms in total. The third kappa shape index (κ3) is 7.57. The van der Waals surface area contributed by atoms with E-state index in [1.165, 1.54) is 23.9 Å². The van der Waals surface area contributed by atoms with Gasteiger partial charge in [-0.2, -0.15) is 5.10 Å². The van der Waals surface area contributed by atoms with E-state index in [2.05, 4.69) is 15.8 Å². The summed E-state index contributed by atoms with van der Waals surface area (Å²) < 4.78 is 5.94. The Kier molecular flexibility index (Phi) is 9.29. The largest absolute Gasteiger partial charge is 0.488 e. The summed E-state index contributed by atoms with van der Waals surface area (Å²) in [7, 11) is 0. The van der Waals surface area contributed by atoms with E-state index >= 15 is 0 Å². The van der Waals surface area contributed by atoms with E-state index in [0.717, 1.165) is 5.56 Å². The van der Waals surface area contributed by atoms with E-state index in [1.54, 1.807) is 6.07 Å². The average molecular weight is 512 g/mol. The van der Waals surface area contributed by atoms with Crippen LogP contribution in [0.25, 0.3) is 0 Å². The van der Waals surface area contributed by atoms with Crippen molar-refractivity contribution in [1.29, 1.82) is 0 Å². The number of ether oxygens (including phenoxy) is 1. The first kappa shape index (κ1) is 26.3. The predicted octanol–water partition coefficient (Wildman–Crippen LogP) is 5.79. The second-order valence-corrected chi connectivity index (χ2v) is 9.21. The number of hydrazone groups is 1. The van der Waals surface area contributed by atoms with Gasteiger partial charge < -0.3 is 10.1 Å². The Morgan fingerprint density at radius 1 is 1.03 bits per heavy atom. The van der Waals surface area contributed by atoms with E-state index in [0.29, 0.717) is 22.9 Å². The Balaban J connectivity index is 1.63. The van der Waals surface area contributed by atoms with Crippen molar-refractivity contribution in [2.45, 2.75) is 33.4 Å². The number of nitrogens with zero attached hydrogens (tertiary/aromatic N) is 1. The van der Waals surface area contributed by atoms with Gasteiger partial charge in [0.2, 0.25) is 0 Å². The number of hydrogen-bond donors (Lipinski definition) is 2. The van der Waals surface area contributed by atoms with Crippen LogP contribution in [-0.4, -0.2) is 24.1 Å². The SMILES string of the molecule is Cc1ccc(COc2ccccc2/C=N/NC(=O)C(NC(=O)c2ccc(Cl)cc2Cl)C(C)C)cc1. The fraction of sp³-hybridized carbons (Fsp3) is 0.222. The summed E-state index contributed by atoms with van der Waals surface area (Å²) >= 11 is 12.0. The van der Waals surface area contributed by atoms with Crippen molar-refractivity contribution in [3.05, 3.63) is 99.0 Å². The molecule has 0 aliphatic rings. The smallest absolute Gasteiger partial charge is 0.262 e. The summed E-state index contributed by atoms with van der Waals surface area (Å²) in [6, 6.07) is 19.2.